The van der Waals surface area contributed by atoms with Crippen LogP contribution in [0.1, 0.15) is 71.4 Å². The van der Waals surface area contributed by atoms with Crippen LogP contribution in [0.15, 0.2) is 146 Å². The predicted octanol–water partition coefficient (Wildman–Crippen LogP) is 13.8. The highest BCUT2D eigenvalue weighted by Crippen LogP contribution is 2.62. The van der Waals surface area contributed by atoms with Gasteiger partial charge < -0.3 is 10.2 Å². The Morgan fingerprint density at radius 3 is 2.05 bits per heavy atom. The molecular weight excluding hydrogens is 719 g/mol. The highest BCUT2D eigenvalue weighted by molar-refractivity contribution is 7.26. The lowest BCUT2D eigenvalue weighted by molar-refractivity contribution is 0.195. The monoisotopic (exact) mass is 767 g/mol. The fourth-order valence-corrected chi connectivity index (χ4v) is 11.9. The van der Waals surface area contributed by atoms with Crippen LogP contribution in [-0.4, -0.2) is 12.8 Å². The molecule has 7 aromatic carbocycles. The highest BCUT2D eigenvalue weighted by Gasteiger charge is 2.59. The van der Waals surface area contributed by atoms with Crippen LogP contribution in [0.25, 0.3) is 53.6 Å². The number of nitrogens with one attached hydrogen (secondary N) is 1. The first-order valence-corrected chi connectivity index (χ1v) is 21.9. The molecule has 11 rings (SSSR count). The molecule has 0 saturated heterocycles. The van der Waals surface area contributed by atoms with E-state index in [1.54, 1.807) is 5.56 Å². The molecular formula is C54H48BN2S. The van der Waals surface area contributed by atoms with Crippen LogP contribution < -0.4 is 21.1 Å². The molecule has 1 aliphatic carbocycles. The summed E-state index contributed by atoms with van der Waals surface area (Å²) >= 11 is 1.94. The fraction of sp³-hybridized carbons (Fsp3) is 0.222. The van der Waals surface area contributed by atoms with Gasteiger partial charge in [0.05, 0.1) is 5.54 Å². The van der Waals surface area contributed by atoms with Gasteiger partial charge in [0.25, 0.3) is 0 Å². The van der Waals surface area contributed by atoms with Crippen molar-refractivity contribution in [3.05, 3.63) is 157 Å². The number of fused-ring (bicyclic) bond motifs is 8. The Morgan fingerprint density at radius 2 is 1.31 bits per heavy atom. The Bertz CT molecular complexity index is 2910. The van der Waals surface area contributed by atoms with Gasteiger partial charge in [0.2, 0.25) is 0 Å². The Morgan fingerprint density at radius 1 is 0.655 bits per heavy atom. The molecule has 0 bridgehead atoms. The van der Waals surface area contributed by atoms with Gasteiger partial charge in [-0.2, -0.15) is 0 Å². The minimum Gasteiger partial charge on any atom is -0.355 e. The van der Waals surface area contributed by atoms with Crippen molar-refractivity contribution in [2.24, 2.45) is 0 Å². The SMILES string of the molecule is CC(C)(C)c1cc2c3c(c1)C1(C)CCCCC1(C)N3c1cc3c(sc4ccccc43)c(-c3ccc(-c4ccccc4)cc3Nc3ccc(-c4ccccc4)cc3)c1[B]2. The average molecular weight is 768 g/mol. The standard InChI is InChI=1S/C54H48BN2S/c1-52(2,3)38-31-43-50-44(32-38)55-49-46(57(50)54(5)29-15-14-28-53(43,54)4)33-42-40-20-12-13-21-47(40)58-51(42)48(49)41-27-24-37(35-18-10-7-11-19-35)30-45(41)56-39-25-22-36(23-26-39)34-16-8-6-9-17-34/h6-13,16-27,30-33,56H,14-15,28-29H2,1-5H3. The molecule has 1 aromatic heterocycles. The maximum absolute atomic E-state index is 3.98. The van der Waals surface area contributed by atoms with Crippen LogP contribution in [0, 0.1) is 0 Å². The first kappa shape index (κ1) is 35.6. The lowest BCUT2D eigenvalue weighted by atomic mass is 9.57. The van der Waals surface area contributed by atoms with Crippen molar-refractivity contribution < 1.29 is 0 Å². The van der Waals surface area contributed by atoms with Crippen LogP contribution in [0.5, 0.6) is 0 Å². The number of thiophene rings is 1. The van der Waals surface area contributed by atoms with Crippen LogP contribution >= 0.6 is 11.3 Å². The maximum atomic E-state index is 3.98. The quantitative estimate of drug-likeness (QED) is 0.176. The van der Waals surface area contributed by atoms with E-state index in [4.69, 9.17) is 0 Å². The molecule has 2 aliphatic heterocycles. The van der Waals surface area contributed by atoms with E-state index in [-0.39, 0.29) is 16.4 Å². The van der Waals surface area contributed by atoms with Gasteiger partial charge in [-0.15, -0.1) is 11.3 Å². The molecule has 2 unspecified atom stereocenters. The Balaban J connectivity index is 1.18. The van der Waals surface area contributed by atoms with Crippen LogP contribution in [-0.2, 0) is 10.8 Å². The third-order valence-electron chi connectivity index (χ3n) is 14.0. The molecule has 283 valence electrons. The van der Waals surface area contributed by atoms with Crippen molar-refractivity contribution in [2.75, 3.05) is 10.2 Å². The third kappa shape index (κ3) is 5.30. The molecule has 3 aliphatic rings. The van der Waals surface area contributed by atoms with Crippen molar-refractivity contribution in [2.45, 2.75) is 76.7 Å². The highest BCUT2D eigenvalue weighted by atomic mass is 32.1. The zero-order chi connectivity index (χ0) is 39.4. The molecule has 1 saturated carbocycles. The molecule has 2 nitrogen and oxygen atoms in total. The summed E-state index contributed by atoms with van der Waals surface area (Å²) in [7, 11) is 2.56. The normalized spacial score (nSPS) is 19.4. The minimum atomic E-state index is -0.0443. The van der Waals surface area contributed by atoms with Crippen molar-refractivity contribution >= 4 is 72.5 Å². The molecule has 2 atom stereocenters. The van der Waals surface area contributed by atoms with Crippen LogP contribution in [0.2, 0.25) is 0 Å². The molecule has 3 heterocycles. The smallest absolute Gasteiger partial charge is 0.197 e. The summed E-state index contributed by atoms with van der Waals surface area (Å²) < 4.78 is 2.67. The van der Waals surface area contributed by atoms with Crippen molar-refractivity contribution in [3.8, 4) is 33.4 Å². The Kier molecular flexibility index (Phi) is 7.95. The van der Waals surface area contributed by atoms with Crippen LogP contribution in [0.4, 0.5) is 22.7 Å². The van der Waals surface area contributed by atoms with Gasteiger partial charge in [0.15, 0.2) is 7.28 Å². The molecule has 0 spiro atoms. The molecule has 1 N–H and O–H groups in total. The van der Waals surface area contributed by atoms with E-state index in [0.717, 1.165) is 11.4 Å². The summed E-state index contributed by atoms with van der Waals surface area (Å²) in [6.07, 6.45) is 4.92. The molecule has 1 radical (unpaired) electrons. The predicted molar refractivity (Wildman–Crippen MR) is 252 cm³/mol. The third-order valence-corrected chi connectivity index (χ3v) is 15.2. The molecule has 0 amide bonds. The van der Waals surface area contributed by atoms with Gasteiger partial charge in [0, 0.05) is 53.9 Å². The van der Waals surface area contributed by atoms with Gasteiger partial charge in [-0.05, 0) is 99.9 Å². The number of anilines is 4. The first-order valence-electron chi connectivity index (χ1n) is 21.1. The van der Waals surface area contributed by atoms with E-state index in [2.05, 4.69) is 198 Å². The number of hydrogen-bond acceptors (Lipinski definition) is 3. The van der Waals surface area contributed by atoms with E-state index in [1.807, 2.05) is 11.3 Å². The molecule has 1 fully saturated rings. The van der Waals surface area contributed by atoms with E-state index < -0.39 is 0 Å². The molecule has 4 heteroatoms. The van der Waals surface area contributed by atoms with E-state index in [9.17, 15) is 0 Å². The number of hydrogen-bond donors (Lipinski definition) is 1. The lowest BCUT2D eigenvalue weighted by Crippen LogP contribution is -2.57. The topological polar surface area (TPSA) is 15.3 Å². The van der Waals surface area contributed by atoms with Gasteiger partial charge in [-0.25, -0.2) is 0 Å². The number of benzene rings is 7. The lowest BCUT2D eigenvalue weighted by Gasteiger charge is -2.51. The van der Waals surface area contributed by atoms with Gasteiger partial charge in [-0.1, -0.05) is 161 Å². The molecule has 58 heavy (non-hydrogen) atoms. The summed E-state index contributed by atoms with van der Waals surface area (Å²) in [5, 5.41) is 6.67. The zero-order valence-electron chi connectivity index (χ0n) is 34.1. The maximum Gasteiger partial charge on any atom is 0.197 e. The second kappa shape index (κ2) is 13.0. The summed E-state index contributed by atoms with van der Waals surface area (Å²) in [4.78, 5) is 2.84. The van der Waals surface area contributed by atoms with E-state index in [0.29, 0.717) is 0 Å². The van der Waals surface area contributed by atoms with E-state index >= 15 is 0 Å². The summed E-state index contributed by atoms with van der Waals surface area (Å²) in [5.41, 5.74) is 18.1. The average Bonchev–Trinajstić information content (AvgIpc) is 3.71. The van der Waals surface area contributed by atoms with Crippen molar-refractivity contribution in [3.63, 3.8) is 0 Å². The molecule has 8 aromatic rings. The van der Waals surface area contributed by atoms with Gasteiger partial charge in [0.1, 0.15) is 0 Å². The van der Waals surface area contributed by atoms with Crippen molar-refractivity contribution in [1.82, 2.24) is 0 Å². The van der Waals surface area contributed by atoms with Crippen LogP contribution in [0.3, 0.4) is 0 Å². The first-order chi connectivity index (χ1) is 28.1. The number of nitrogens with zero attached hydrogens (tertiary/aromatic N) is 1. The summed E-state index contributed by atoms with van der Waals surface area (Å²) in [6, 6.07) is 54.1. The minimum absolute atomic E-state index is 0.0349. The Labute approximate surface area is 347 Å². The second-order valence-electron chi connectivity index (χ2n) is 18.4. The van der Waals surface area contributed by atoms with Gasteiger partial charge >= 0.3 is 0 Å². The van der Waals surface area contributed by atoms with Gasteiger partial charge in [-0.3, -0.25) is 0 Å². The second-order valence-corrected chi connectivity index (χ2v) is 19.4. The van der Waals surface area contributed by atoms with Crippen molar-refractivity contribution in [1.29, 1.82) is 0 Å². The van der Waals surface area contributed by atoms with E-state index in [1.165, 1.54) is 107 Å². The zero-order valence-corrected chi connectivity index (χ0v) is 34.9. The fourth-order valence-electron chi connectivity index (χ4n) is 10.6. The summed E-state index contributed by atoms with van der Waals surface area (Å²) in [5.74, 6) is 0. The number of rotatable bonds is 5. The largest absolute Gasteiger partial charge is 0.355 e. The summed E-state index contributed by atoms with van der Waals surface area (Å²) in [6.45, 7) is 12.3. The Hall–Kier alpha value is -5.58.